The number of carboxylic acids is 1. The zero-order valence-corrected chi connectivity index (χ0v) is 16.4. The Kier molecular flexibility index (Phi) is 5.71. The van der Waals surface area contributed by atoms with Gasteiger partial charge in [0.15, 0.2) is 9.84 Å². The first kappa shape index (κ1) is 21.6. The zero-order chi connectivity index (χ0) is 22.1. The number of aromatic nitrogens is 1. The van der Waals surface area contributed by atoms with Crippen molar-refractivity contribution in [3.63, 3.8) is 0 Å². The van der Waals surface area contributed by atoms with Crippen LogP contribution in [0.15, 0.2) is 53.6 Å². The monoisotopic (exact) mass is 439 g/mol. The van der Waals surface area contributed by atoms with Crippen molar-refractivity contribution in [3.8, 4) is 11.6 Å². The van der Waals surface area contributed by atoms with Gasteiger partial charge >= 0.3 is 12.1 Å². The Morgan fingerprint density at radius 2 is 1.87 bits per heavy atom. The first-order valence-corrected chi connectivity index (χ1v) is 10.4. The first-order valence-electron chi connectivity index (χ1n) is 8.72. The lowest BCUT2D eigenvalue weighted by Crippen LogP contribution is -2.05. The minimum absolute atomic E-state index is 0.0128. The van der Waals surface area contributed by atoms with Gasteiger partial charge in [0.2, 0.25) is 5.88 Å². The summed E-state index contributed by atoms with van der Waals surface area (Å²) in [5, 5.41) is 9.52. The summed E-state index contributed by atoms with van der Waals surface area (Å²) in [6.07, 6.45) is -3.83. The fourth-order valence-corrected chi connectivity index (χ4v) is 3.63. The summed E-state index contributed by atoms with van der Waals surface area (Å²) in [4.78, 5) is 15.0. The number of aliphatic carboxylic acids is 1. The molecule has 0 unspecified atom stereocenters. The van der Waals surface area contributed by atoms with Crippen LogP contribution in [0.4, 0.5) is 13.2 Å². The molecule has 0 radical (unpaired) electrons. The fourth-order valence-electron chi connectivity index (χ4n) is 2.81. The highest BCUT2D eigenvalue weighted by atomic mass is 32.2. The van der Waals surface area contributed by atoms with E-state index in [0.29, 0.717) is 10.9 Å². The highest BCUT2D eigenvalue weighted by Crippen LogP contribution is 2.36. The highest BCUT2D eigenvalue weighted by Gasteiger charge is 2.30. The summed E-state index contributed by atoms with van der Waals surface area (Å²) in [7, 11) is -3.47. The van der Waals surface area contributed by atoms with Crippen molar-refractivity contribution in [2.75, 3.05) is 5.75 Å². The van der Waals surface area contributed by atoms with E-state index in [1.165, 1.54) is 37.3 Å². The van der Waals surface area contributed by atoms with Crippen molar-refractivity contribution in [3.05, 3.63) is 59.8 Å². The predicted molar refractivity (Wildman–Crippen MR) is 102 cm³/mol. The van der Waals surface area contributed by atoms with Crippen molar-refractivity contribution >= 4 is 26.6 Å². The number of carbonyl (C=O) groups is 1. The van der Waals surface area contributed by atoms with E-state index in [1.54, 1.807) is 0 Å². The second kappa shape index (κ2) is 7.94. The van der Waals surface area contributed by atoms with E-state index < -0.39 is 27.5 Å². The predicted octanol–water partition coefficient (Wildman–Crippen LogP) is 4.47. The number of carboxylic acid groups (broad SMARTS) is 1. The summed E-state index contributed by atoms with van der Waals surface area (Å²) in [6, 6.07) is 8.42. The molecule has 0 atom stereocenters. The maximum atomic E-state index is 13.1. The lowest BCUT2D eigenvalue weighted by Gasteiger charge is -2.13. The van der Waals surface area contributed by atoms with Crippen LogP contribution in [0.1, 0.15) is 18.1 Å². The minimum atomic E-state index is -4.57. The third kappa shape index (κ3) is 4.70. The van der Waals surface area contributed by atoms with Crippen LogP contribution in [0, 0.1) is 0 Å². The van der Waals surface area contributed by atoms with Crippen molar-refractivity contribution in [1.29, 1.82) is 0 Å². The van der Waals surface area contributed by atoms with Crippen molar-refractivity contribution in [1.82, 2.24) is 4.98 Å². The molecule has 6 nitrogen and oxygen atoms in total. The van der Waals surface area contributed by atoms with Crippen LogP contribution in [0.25, 0.3) is 10.8 Å². The molecule has 0 saturated heterocycles. The van der Waals surface area contributed by atoms with Crippen LogP contribution < -0.4 is 4.74 Å². The van der Waals surface area contributed by atoms with Crippen LogP contribution in [0.5, 0.6) is 11.6 Å². The van der Waals surface area contributed by atoms with Crippen LogP contribution in [-0.2, 0) is 27.2 Å². The molecule has 0 aliphatic rings. The molecule has 0 saturated carbocycles. The van der Waals surface area contributed by atoms with Gasteiger partial charge in [-0.3, -0.25) is 4.79 Å². The van der Waals surface area contributed by atoms with Crippen LogP contribution >= 0.6 is 0 Å². The summed E-state index contributed by atoms with van der Waals surface area (Å²) in [5.74, 6) is -1.29. The fraction of sp³-hybridized carbons (Fsp3) is 0.200. The molecular formula is C20H16F3NO5S. The van der Waals surface area contributed by atoms with Gasteiger partial charge in [0.05, 0.1) is 22.6 Å². The van der Waals surface area contributed by atoms with Gasteiger partial charge in [-0.25, -0.2) is 13.4 Å². The molecule has 0 amide bonds. The minimum Gasteiger partial charge on any atom is -0.481 e. The lowest BCUT2D eigenvalue weighted by atomic mass is 10.0. The number of pyridine rings is 1. The lowest BCUT2D eigenvalue weighted by molar-refractivity contribution is -0.138. The Bertz CT molecular complexity index is 1210. The van der Waals surface area contributed by atoms with E-state index in [0.717, 1.165) is 18.3 Å². The molecule has 158 valence electrons. The molecular weight excluding hydrogens is 423 g/mol. The van der Waals surface area contributed by atoms with Crippen LogP contribution in [0.2, 0.25) is 0 Å². The molecule has 0 aliphatic heterocycles. The largest absolute Gasteiger partial charge is 0.481 e. The maximum Gasteiger partial charge on any atom is 0.416 e. The smallest absolute Gasteiger partial charge is 0.416 e. The summed E-state index contributed by atoms with van der Waals surface area (Å²) >= 11 is 0. The average Bonchev–Trinajstić information content (AvgIpc) is 2.67. The summed E-state index contributed by atoms with van der Waals surface area (Å²) in [6.45, 7) is 1.48. The Labute approximate surface area is 169 Å². The zero-order valence-electron chi connectivity index (χ0n) is 15.6. The molecule has 30 heavy (non-hydrogen) atoms. The Morgan fingerprint density at radius 1 is 1.13 bits per heavy atom. The second-order valence-electron chi connectivity index (χ2n) is 6.44. The number of rotatable bonds is 6. The van der Waals surface area contributed by atoms with E-state index in [4.69, 9.17) is 9.84 Å². The highest BCUT2D eigenvalue weighted by molar-refractivity contribution is 7.91. The summed E-state index contributed by atoms with van der Waals surface area (Å²) in [5.41, 5.74) is -0.557. The number of halogens is 3. The number of nitrogens with zero attached hydrogens (tertiary/aromatic N) is 1. The molecule has 2 aromatic carbocycles. The number of fused-ring (bicyclic) bond motifs is 1. The standard InChI is InChI=1S/C20H16F3NO5S/c1-2-30(27,28)15-5-6-18(24-11-15)29-17-8-12(9-19(25)26)7-13-3-4-14(10-16(13)17)20(21,22)23/h3-8,10-11H,2,9H2,1H3,(H,25,26). The number of ether oxygens (including phenoxy) is 1. The normalized spacial score (nSPS) is 12.1. The Hall–Kier alpha value is -3.14. The first-order chi connectivity index (χ1) is 14.0. The van der Waals surface area contributed by atoms with Gasteiger partial charge in [-0.15, -0.1) is 0 Å². The average molecular weight is 439 g/mol. The molecule has 3 rings (SSSR count). The van der Waals surface area contributed by atoms with Crippen LogP contribution in [0.3, 0.4) is 0 Å². The summed E-state index contributed by atoms with van der Waals surface area (Å²) < 4.78 is 68.8. The molecule has 10 heteroatoms. The van der Waals surface area contributed by atoms with E-state index in [-0.39, 0.29) is 34.1 Å². The van der Waals surface area contributed by atoms with Crippen molar-refractivity contribution in [2.45, 2.75) is 24.4 Å². The SMILES string of the molecule is CCS(=O)(=O)c1ccc(Oc2cc(CC(=O)O)cc3ccc(C(F)(F)F)cc23)nc1. The van der Waals surface area contributed by atoms with Gasteiger partial charge in [-0.2, -0.15) is 13.2 Å². The maximum absolute atomic E-state index is 13.1. The van der Waals surface area contributed by atoms with Crippen LogP contribution in [-0.4, -0.2) is 30.2 Å². The quantitative estimate of drug-likeness (QED) is 0.609. The van der Waals surface area contributed by atoms with Crippen molar-refractivity contribution < 1.29 is 36.2 Å². The number of hydrogen-bond acceptors (Lipinski definition) is 5. The Balaban J connectivity index is 2.08. The number of alkyl halides is 3. The second-order valence-corrected chi connectivity index (χ2v) is 8.71. The van der Waals surface area contributed by atoms with Gasteiger partial charge < -0.3 is 9.84 Å². The van der Waals surface area contributed by atoms with E-state index in [9.17, 15) is 26.4 Å². The van der Waals surface area contributed by atoms with Gasteiger partial charge in [-0.05, 0) is 35.2 Å². The molecule has 0 bridgehead atoms. The molecule has 0 spiro atoms. The van der Waals surface area contributed by atoms with Gasteiger partial charge in [0.1, 0.15) is 5.75 Å². The molecule has 3 aromatic rings. The van der Waals surface area contributed by atoms with E-state index in [1.807, 2.05) is 0 Å². The number of hydrogen-bond donors (Lipinski definition) is 1. The Morgan fingerprint density at radius 3 is 2.43 bits per heavy atom. The van der Waals surface area contributed by atoms with Gasteiger partial charge in [0.25, 0.3) is 0 Å². The third-order valence-corrected chi connectivity index (χ3v) is 6.04. The topological polar surface area (TPSA) is 93.6 Å². The molecule has 1 aromatic heterocycles. The van der Waals surface area contributed by atoms with Gasteiger partial charge in [-0.1, -0.05) is 19.1 Å². The molecule has 1 N–H and O–H groups in total. The van der Waals surface area contributed by atoms with Gasteiger partial charge in [0, 0.05) is 17.6 Å². The molecule has 0 aliphatic carbocycles. The number of sulfone groups is 1. The molecule has 1 heterocycles. The van der Waals surface area contributed by atoms with E-state index in [2.05, 4.69) is 4.98 Å². The van der Waals surface area contributed by atoms with Crippen molar-refractivity contribution in [2.24, 2.45) is 0 Å². The molecule has 0 fully saturated rings. The number of benzene rings is 2. The van der Waals surface area contributed by atoms with E-state index >= 15 is 0 Å². The third-order valence-electron chi connectivity index (χ3n) is 4.32.